The van der Waals surface area contributed by atoms with E-state index in [4.69, 9.17) is 56.0 Å². The highest BCUT2D eigenvalue weighted by Crippen LogP contribution is 2.47. The van der Waals surface area contributed by atoms with Crippen molar-refractivity contribution >= 4 is 63.8 Å². The summed E-state index contributed by atoms with van der Waals surface area (Å²) in [6, 6.07) is 11.0. The van der Waals surface area contributed by atoms with Gasteiger partial charge in [-0.1, -0.05) is 65.1 Å². The van der Waals surface area contributed by atoms with E-state index in [0.29, 0.717) is 0 Å². The average molecular weight is 592 g/mol. The van der Waals surface area contributed by atoms with Crippen LogP contribution in [0.1, 0.15) is 44.7 Å². The molecule has 0 aromatic heterocycles. The zero-order valence-corrected chi connectivity index (χ0v) is 23.4. The lowest BCUT2D eigenvalue weighted by Gasteiger charge is -2.48. The predicted octanol–water partition coefficient (Wildman–Crippen LogP) is 7.12. The lowest BCUT2D eigenvalue weighted by atomic mass is 9.79. The topological polar surface area (TPSA) is 96.4 Å². The number of carboxylic acids is 1. The summed E-state index contributed by atoms with van der Waals surface area (Å²) < 4.78 is 5.56. The second kappa shape index (κ2) is 11.7. The number of hydrogen-bond donors (Lipinski definition) is 1. The van der Waals surface area contributed by atoms with Crippen LogP contribution in [0.2, 0.25) is 15.1 Å². The molecule has 8 nitrogen and oxygen atoms in total. The minimum atomic E-state index is -2.02. The number of hydroxylamine groups is 2. The third-order valence-corrected chi connectivity index (χ3v) is 6.78. The molecule has 0 aliphatic carbocycles. The summed E-state index contributed by atoms with van der Waals surface area (Å²) in [4.78, 5) is 45.5. The molecule has 2 aromatic rings. The van der Waals surface area contributed by atoms with Crippen molar-refractivity contribution in [1.82, 2.24) is 9.96 Å². The van der Waals surface area contributed by atoms with E-state index >= 15 is 0 Å². The molecular weight excluding hydrogens is 566 g/mol. The van der Waals surface area contributed by atoms with Gasteiger partial charge in [-0.25, -0.2) is 14.7 Å². The summed E-state index contributed by atoms with van der Waals surface area (Å²) in [6.07, 6.45) is -1.02. The van der Waals surface area contributed by atoms with Gasteiger partial charge in [0.15, 0.2) is 5.54 Å². The van der Waals surface area contributed by atoms with Gasteiger partial charge >= 0.3 is 17.4 Å². The molecule has 37 heavy (non-hydrogen) atoms. The number of ether oxygens (including phenoxy) is 1. The quantitative estimate of drug-likeness (QED) is 0.218. The molecule has 0 bridgehead atoms. The third kappa shape index (κ3) is 6.62. The molecule has 0 radical (unpaired) electrons. The summed E-state index contributed by atoms with van der Waals surface area (Å²) >= 11 is 24.8. The van der Waals surface area contributed by atoms with Crippen LogP contribution in [0.5, 0.6) is 0 Å². The van der Waals surface area contributed by atoms with Crippen LogP contribution in [0.25, 0.3) is 0 Å². The average Bonchev–Trinajstić information content (AvgIpc) is 2.78. The Labute approximate surface area is 234 Å². The summed E-state index contributed by atoms with van der Waals surface area (Å²) in [6.45, 7) is 4.68. The maximum atomic E-state index is 13.5. The van der Waals surface area contributed by atoms with Gasteiger partial charge in [0, 0.05) is 27.2 Å². The highest BCUT2D eigenvalue weighted by molar-refractivity contribution is 6.62. The van der Waals surface area contributed by atoms with Gasteiger partial charge in [-0.2, -0.15) is 0 Å². The van der Waals surface area contributed by atoms with Crippen molar-refractivity contribution in [3.63, 3.8) is 0 Å². The fourth-order valence-electron chi connectivity index (χ4n) is 4.25. The summed E-state index contributed by atoms with van der Waals surface area (Å²) in [7, 11) is 0. The number of carboxylic acid groups (broad SMARTS) is 1. The van der Waals surface area contributed by atoms with Crippen molar-refractivity contribution in [2.24, 2.45) is 0 Å². The zero-order valence-electron chi connectivity index (χ0n) is 20.3. The van der Waals surface area contributed by atoms with Crippen LogP contribution in [0.4, 0.5) is 9.59 Å². The van der Waals surface area contributed by atoms with Crippen molar-refractivity contribution in [1.29, 1.82) is 0 Å². The second-order valence-electron chi connectivity index (χ2n) is 9.53. The zero-order chi connectivity index (χ0) is 27.5. The lowest BCUT2D eigenvalue weighted by Crippen LogP contribution is -2.63. The molecule has 1 aliphatic rings. The Morgan fingerprint density at radius 3 is 2.22 bits per heavy atom. The van der Waals surface area contributed by atoms with Crippen molar-refractivity contribution in [2.45, 2.75) is 57.4 Å². The van der Waals surface area contributed by atoms with E-state index in [2.05, 4.69) is 0 Å². The first-order valence-corrected chi connectivity index (χ1v) is 12.8. The van der Waals surface area contributed by atoms with Gasteiger partial charge in [0.25, 0.3) is 0 Å². The molecule has 1 aliphatic heterocycles. The van der Waals surface area contributed by atoms with E-state index in [1.165, 1.54) is 12.1 Å². The number of carbonyl (C=O) groups excluding carboxylic acids is 2. The lowest BCUT2D eigenvalue weighted by molar-refractivity contribution is -0.177. The van der Waals surface area contributed by atoms with Gasteiger partial charge in [0.1, 0.15) is 12.2 Å². The maximum Gasteiger partial charge on any atom is 0.411 e. The van der Waals surface area contributed by atoms with Crippen LogP contribution in [0, 0.1) is 0 Å². The van der Waals surface area contributed by atoms with Gasteiger partial charge in [0.05, 0.1) is 6.04 Å². The SMILES string of the molecule is CC(C)(C)OC(=O)N1C[C@H](N(OCc2ccccc2)C(=O)Cl)CC[C@@]1(C(=O)O)c1c(Cl)cc(Cl)cc1Cl. The molecule has 0 saturated carbocycles. The number of piperidine rings is 1. The number of rotatable bonds is 6. The van der Waals surface area contributed by atoms with Crippen molar-refractivity contribution in [3.05, 3.63) is 68.7 Å². The van der Waals surface area contributed by atoms with E-state index in [9.17, 15) is 19.5 Å². The first-order chi connectivity index (χ1) is 17.3. The molecule has 12 heteroatoms. The van der Waals surface area contributed by atoms with Crippen LogP contribution >= 0.6 is 46.4 Å². The fourth-order valence-corrected chi connectivity index (χ4v) is 5.57. The third-order valence-electron chi connectivity index (χ3n) is 5.80. The Hall–Kier alpha value is -2.23. The minimum absolute atomic E-state index is 0.00834. The predicted molar refractivity (Wildman–Crippen MR) is 141 cm³/mol. The smallest absolute Gasteiger partial charge is 0.411 e. The molecule has 200 valence electrons. The molecule has 3 rings (SSSR count). The molecule has 1 fully saturated rings. The molecular formula is C25H26Cl4N2O6. The number of likely N-dealkylation sites (tertiary alicyclic amines) is 1. The maximum absolute atomic E-state index is 13.5. The van der Waals surface area contributed by atoms with E-state index in [-0.39, 0.29) is 46.6 Å². The fraction of sp³-hybridized carbons (Fsp3) is 0.400. The van der Waals surface area contributed by atoms with Crippen LogP contribution in [-0.4, -0.2) is 50.7 Å². The van der Waals surface area contributed by atoms with Crippen LogP contribution < -0.4 is 0 Å². The van der Waals surface area contributed by atoms with E-state index in [1.54, 1.807) is 20.8 Å². The Morgan fingerprint density at radius 2 is 1.70 bits per heavy atom. The Balaban J connectivity index is 2.05. The van der Waals surface area contributed by atoms with E-state index in [1.807, 2.05) is 30.3 Å². The Kier molecular flexibility index (Phi) is 9.24. The highest BCUT2D eigenvalue weighted by Gasteiger charge is 2.56. The van der Waals surface area contributed by atoms with Crippen LogP contribution in [0.15, 0.2) is 42.5 Å². The normalized spacial score (nSPS) is 19.9. The Morgan fingerprint density at radius 1 is 1.11 bits per heavy atom. The van der Waals surface area contributed by atoms with Crippen molar-refractivity contribution in [2.75, 3.05) is 6.54 Å². The monoisotopic (exact) mass is 590 g/mol. The van der Waals surface area contributed by atoms with Crippen molar-refractivity contribution in [3.8, 4) is 0 Å². The first kappa shape index (κ1) is 29.3. The standard InChI is InChI=1S/C25H26Cl4N2O6/c1-24(2,3)37-23(35)30-13-17(31(22(29)34)36-14-15-7-5-4-6-8-15)9-10-25(30,21(32)33)20-18(27)11-16(26)12-19(20)28/h4-8,11-12,17H,9-10,13-14H2,1-3H3,(H,32,33)/t17-,25+/m1/s1. The number of benzene rings is 2. The molecule has 0 spiro atoms. The van der Waals surface area contributed by atoms with Gasteiger partial charge in [0.2, 0.25) is 0 Å². The minimum Gasteiger partial charge on any atom is -0.479 e. The van der Waals surface area contributed by atoms with E-state index < -0.39 is 34.6 Å². The molecule has 2 atom stereocenters. The number of halogens is 4. The number of hydrogen-bond acceptors (Lipinski definition) is 5. The second-order valence-corrected chi connectivity index (χ2v) is 11.1. The van der Waals surface area contributed by atoms with Crippen LogP contribution in [-0.2, 0) is 26.5 Å². The van der Waals surface area contributed by atoms with Gasteiger partial charge in [-0.05, 0) is 62.9 Å². The molecule has 1 heterocycles. The van der Waals surface area contributed by atoms with Crippen LogP contribution in [0.3, 0.4) is 0 Å². The van der Waals surface area contributed by atoms with Gasteiger partial charge in [-0.15, -0.1) is 0 Å². The van der Waals surface area contributed by atoms with Gasteiger partial charge in [-0.3, -0.25) is 14.5 Å². The summed E-state index contributed by atoms with van der Waals surface area (Å²) in [5, 5.41) is 10.7. The highest BCUT2D eigenvalue weighted by atomic mass is 35.5. The molecule has 0 unspecified atom stereocenters. The number of carbonyl (C=O) groups is 3. The number of aliphatic carboxylic acids is 1. The summed E-state index contributed by atoms with van der Waals surface area (Å²) in [5.41, 5.74) is -2.19. The Bertz CT molecular complexity index is 1150. The summed E-state index contributed by atoms with van der Waals surface area (Å²) in [5.74, 6) is -1.38. The first-order valence-electron chi connectivity index (χ1n) is 11.3. The van der Waals surface area contributed by atoms with Gasteiger partial charge < -0.3 is 9.84 Å². The number of amides is 2. The largest absolute Gasteiger partial charge is 0.479 e. The van der Waals surface area contributed by atoms with Crippen molar-refractivity contribution < 1.29 is 29.1 Å². The molecule has 2 amide bonds. The molecule has 1 N–H and O–H groups in total. The number of nitrogens with zero attached hydrogens (tertiary/aromatic N) is 2. The van der Waals surface area contributed by atoms with E-state index in [0.717, 1.165) is 15.5 Å². The molecule has 1 saturated heterocycles. The molecule has 2 aromatic carbocycles.